The van der Waals surface area contributed by atoms with Gasteiger partial charge in [0.2, 0.25) is 0 Å². The topological polar surface area (TPSA) is 66.4 Å². The van der Waals surface area contributed by atoms with Crippen LogP contribution in [0.1, 0.15) is 30.0 Å². The van der Waals surface area contributed by atoms with Crippen molar-refractivity contribution in [3.63, 3.8) is 0 Å². The Hall–Kier alpha value is -1.95. The molecule has 2 aromatic rings. The van der Waals surface area contributed by atoms with Gasteiger partial charge in [-0.15, -0.1) is 0 Å². The highest BCUT2D eigenvalue weighted by atomic mass is 16.5. The number of methoxy groups -OCH3 is 1. The fourth-order valence-corrected chi connectivity index (χ4v) is 2.57. The number of rotatable bonds is 9. The van der Waals surface area contributed by atoms with Gasteiger partial charge in [-0.05, 0) is 50.2 Å². The second-order valence-corrected chi connectivity index (χ2v) is 5.96. The molecule has 2 rings (SSSR count). The van der Waals surface area contributed by atoms with Crippen molar-refractivity contribution in [2.45, 2.75) is 32.0 Å². The molecular weight excluding hydrogens is 302 g/mol. The smallest absolute Gasteiger partial charge is 0.118 e. The average Bonchev–Trinajstić information content (AvgIpc) is 2.61. The van der Waals surface area contributed by atoms with Gasteiger partial charge in [0.05, 0.1) is 18.5 Å². The number of nitrogens with zero attached hydrogens (tertiary/aromatic N) is 1. The van der Waals surface area contributed by atoms with E-state index >= 15 is 0 Å². The molecule has 0 bridgehead atoms. The van der Waals surface area contributed by atoms with Gasteiger partial charge >= 0.3 is 0 Å². The summed E-state index contributed by atoms with van der Waals surface area (Å²) in [6.45, 7) is 3.29. The van der Waals surface area contributed by atoms with Crippen molar-refractivity contribution in [1.82, 2.24) is 15.6 Å². The third-order valence-corrected chi connectivity index (χ3v) is 3.89. The summed E-state index contributed by atoms with van der Waals surface area (Å²) in [6, 6.07) is 14.1. The molecule has 0 spiro atoms. The first-order chi connectivity index (χ1) is 11.6. The number of hydrogen-bond donors (Lipinski definition) is 3. The van der Waals surface area contributed by atoms with E-state index in [0.29, 0.717) is 18.8 Å². The van der Waals surface area contributed by atoms with E-state index in [1.807, 2.05) is 37.4 Å². The van der Waals surface area contributed by atoms with Gasteiger partial charge in [-0.3, -0.25) is 4.98 Å². The molecule has 1 aromatic heterocycles. The number of aliphatic hydroxyl groups is 1. The van der Waals surface area contributed by atoms with Crippen molar-refractivity contribution in [3.05, 3.63) is 59.4 Å². The van der Waals surface area contributed by atoms with Gasteiger partial charge in [-0.25, -0.2) is 0 Å². The zero-order valence-corrected chi connectivity index (χ0v) is 14.6. The van der Waals surface area contributed by atoms with Gasteiger partial charge in [0, 0.05) is 19.1 Å². The Bertz CT molecular complexity index is 616. The summed E-state index contributed by atoms with van der Waals surface area (Å²) in [5.41, 5.74) is 2.87. The second kappa shape index (κ2) is 9.37. The Balaban J connectivity index is 1.83. The van der Waals surface area contributed by atoms with Crippen molar-refractivity contribution < 1.29 is 9.84 Å². The summed E-state index contributed by atoms with van der Waals surface area (Å²) < 4.78 is 5.17. The standard InChI is InChI=1S/C19H27N3O2/c1-14(11-15-7-9-17(24-3)10-8-15)21-13-19(23)18-6-4-5-16(22-18)12-20-2/h4-10,14,19-21,23H,11-13H2,1-3H3/t14-,19+/m1/s1. The van der Waals surface area contributed by atoms with E-state index in [2.05, 4.69) is 34.7 Å². The Kier molecular flexibility index (Phi) is 7.18. The van der Waals surface area contributed by atoms with Crippen molar-refractivity contribution >= 4 is 0 Å². The molecular formula is C19H27N3O2. The lowest BCUT2D eigenvalue weighted by molar-refractivity contribution is 0.166. The predicted molar refractivity (Wildman–Crippen MR) is 96.1 cm³/mol. The van der Waals surface area contributed by atoms with Gasteiger partial charge in [-0.2, -0.15) is 0 Å². The highest BCUT2D eigenvalue weighted by Gasteiger charge is 2.11. The summed E-state index contributed by atoms with van der Waals surface area (Å²) in [6.07, 6.45) is 0.282. The molecule has 0 radical (unpaired) electrons. The van der Waals surface area contributed by atoms with Crippen LogP contribution in [0.3, 0.4) is 0 Å². The van der Waals surface area contributed by atoms with Crippen LogP contribution in [0.4, 0.5) is 0 Å². The van der Waals surface area contributed by atoms with Crippen LogP contribution >= 0.6 is 0 Å². The quantitative estimate of drug-likeness (QED) is 0.657. The van der Waals surface area contributed by atoms with Gasteiger partial charge in [0.1, 0.15) is 11.9 Å². The van der Waals surface area contributed by atoms with Crippen molar-refractivity contribution in [3.8, 4) is 5.75 Å². The second-order valence-electron chi connectivity index (χ2n) is 5.96. The van der Waals surface area contributed by atoms with Crippen molar-refractivity contribution in [2.24, 2.45) is 0 Å². The maximum atomic E-state index is 10.3. The number of ether oxygens (including phenoxy) is 1. The van der Waals surface area contributed by atoms with Crippen LogP contribution in [0.25, 0.3) is 0 Å². The molecule has 24 heavy (non-hydrogen) atoms. The summed E-state index contributed by atoms with van der Waals surface area (Å²) in [5.74, 6) is 0.863. The molecule has 1 heterocycles. The third kappa shape index (κ3) is 5.60. The molecule has 0 saturated heterocycles. The largest absolute Gasteiger partial charge is 0.497 e. The summed E-state index contributed by atoms with van der Waals surface area (Å²) in [7, 11) is 3.55. The van der Waals surface area contributed by atoms with Crippen LogP contribution in [-0.4, -0.2) is 36.8 Å². The van der Waals surface area contributed by atoms with Crippen LogP contribution in [0.15, 0.2) is 42.5 Å². The van der Waals surface area contributed by atoms with Gasteiger partial charge in [0.25, 0.3) is 0 Å². The maximum Gasteiger partial charge on any atom is 0.118 e. The minimum Gasteiger partial charge on any atom is -0.497 e. The fourth-order valence-electron chi connectivity index (χ4n) is 2.57. The van der Waals surface area contributed by atoms with Gasteiger partial charge in [0.15, 0.2) is 0 Å². The average molecular weight is 329 g/mol. The maximum absolute atomic E-state index is 10.3. The van der Waals surface area contributed by atoms with Gasteiger partial charge in [-0.1, -0.05) is 18.2 Å². The first kappa shape index (κ1) is 18.4. The lowest BCUT2D eigenvalue weighted by Crippen LogP contribution is -2.32. The highest BCUT2D eigenvalue weighted by molar-refractivity contribution is 5.27. The van der Waals surface area contributed by atoms with Crippen LogP contribution in [0.2, 0.25) is 0 Å². The number of aromatic nitrogens is 1. The Morgan fingerprint density at radius 1 is 1.17 bits per heavy atom. The van der Waals surface area contributed by atoms with Crippen molar-refractivity contribution in [2.75, 3.05) is 20.7 Å². The molecule has 0 unspecified atom stereocenters. The number of aliphatic hydroxyl groups excluding tert-OH is 1. The Labute approximate surface area is 144 Å². The molecule has 5 heteroatoms. The number of benzene rings is 1. The minimum atomic E-state index is -0.611. The Morgan fingerprint density at radius 3 is 2.58 bits per heavy atom. The zero-order valence-electron chi connectivity index (χ0n) is 14.6. The van der Waals surface area contributed by atoms with E-state index in [1.165, 1.54) is 5.56 Å². The molecule has 0 fully saturated rings. The molecule has 0 amide bonds. The molecule has 0 aliphatic rings. The third-order valence-electron chi connectivity index (χ3n) is 3.89. The van der Waals surface area contributed by atoms with E-state index < -0.39 is 6.10 Å². The number of pyridine rings is 1. The van der Waals surface area contributed by atoms with Gasteiger partial charge < -0.3 is 20.5 Å². The monoisotopic (exact) mass is 329 g/mol. The zero-order chi connectivity index (χ0) is 17.4. The summed E-state index contributed by atoms with van der Waals surface area (Å²) in [4.78, 5) is 4.48. The lowest BCUT2D eigenvalue weighted by atomic mass is 10.1. The molecule has 2 atom stereocenters. The predicted octanol–water partition coefficient (Wildman–Crippen LogP) is 2.06. The first-order valence-electron chi connectivity index (χ1n) is 8.27. The van der Waals surface area contributed by atoms with E-state index in [0.717, 1.165) is 17.9 Å². The molecule has 3 N–H and O–H groups in total. The molecule has 5 nitrogen and oxygen atoms in total. The van der Waals surface area contributed by atoms with E-state index in [-0.39, 0.29) is 6.04 Å². The van der Waals surface area contributed by atoms with Crippen LogP contribution in [-0.2, 0) is 13.0 Å². The van der Waals surface area contributed by atoms with Crippen molar-refractivity contribution in [1.29, 1.82) is 0 Å². The Morgan fingerprint density at radius 2 is 1.92 bits per heavy atom. The minimum absolute atomic E-state index is 0.258. The number of nitrogens with one attached hydrogen (secondary N) is 2. The molecule has 130 valence electrons. The van der Waals surface area contributed by atoms with Crippen LogP contribution in [0.5, 0.6) is 5.75 Å². The van der Waals surface area contributed by atoms with E-state index in [9.17, 15) is 5.11 Å². The molecule has 1 aromatic carbocycles. The normalized spacial score (nSPS) is 13.5. The lowest BCUT2D eigenvalue weighted by Gasteiger charge is -2.17. The SMILES string of the molecule is CNCc1cccc([C@@H](O)CN[C@H](C)Cc2ccc(OC)cc2)n1. The summed E-state index contributed by atoms with van der Waals surface area (Å²) in [5, 5.41) is 16.8. The van der Waals surface area contributed by atoms with E-state index in [4.69, 9.17) is 4.74 Å². The molecule has 0 aliphatic heterocycles. The summed E-state index contributed by atoms with van der Waals surface area (Å²) >= 11 is 0. The first-order valence-corrected chi connectivity index (χ1v) is 8.27. The fraction of sp³-hybridized carbons (Fsp3) is 0.421. The highest BCUT2D eigenvalue weighted by Crippen LogP contribution is 2.14. The van der Waals surface area contributed by atoms with E-state index in [1.54, 1.807) is 7.11 Å². The molecule has 0 aliphatic carbocycles. The number of hydrogen-bond acceptors (Lipinski definition) is 5. The van der Waals surface area contributed by atoms with Crippen LogP contribution < -0.4 is 15.4 Å². The molecule has 0 saturated carbocycles. The van der Waals surface area contributed by atoms with Crippen LogP contribution in [0, 0.1) is 0 Å².